The first kappa shape index (κ1) is 21.3. The van der Waals surface area contributed by atoms with E-state index in [0.717, 1.165) is 43.1 Å². The Morgan fingerprint density at radius 2 is 1.85 bits per heavy atom. The van der Waals surface area contributed by atoms with E-state index in [1.807, 2.05) is 42.5 Å². The van der Waals surface area contributed by atoms with Gasteiger partial charge >= 0.3 is 5.69 Å². The summed E-state index contributed by atoms with van der Waals surface area (Å²) in [6, 6.07) is 13.7. The Kier molecular flexibility index (Phi) is 5.63. The number of H-pyrrole nitrogens is 1. The van der Waals surface area contributed by atoms with Gasteiger partial charge in [0, 0.05) is 25.5 Å². The summed E-state index contributed by atoms with van der Waals surface area (Å²) < 4.78 is 9.01. The SMILES string of the molecule is Cn1c(=O)[nH]c(=O)c2c1nc(N1CCCCC1)n2C[C@H](O)COc1cccc2ccccc12. The fourth-order valence-electron chi connectivity index (χ4n) is 4.50. The largest absolute Gasteiger partial charge is 0.490 e. The molecule has 3 heterocycles. The number of aryl methyl sites for hydroxylation is 1. The number of ether oxygens (including phenoxy) is 1. The van der Waals surface area contributed by atoms with E-state index in [4.69, 9.17) is 4.74 Å². The van der Waals surface area contributed by atoms with Gasteiger partial charge in [-0.1, -0.05) is 36.4 Å². The minimum atomic E-state index is -0.887. The van der Waals surface area contributed by atoms with Gasteiger partial charge in [0.25, 0.3) is 5.56 Å². The van der Waals surface area contributed by atoms with Crippen LogP contribution in [0.3, 0.4) is 0 Å². The average molecular weight is 450 g/mol. The number of imidazole rings is 1. The van der Waals surface area contributed by atoms with Crippen LogP contribution in [0.2, 0.25) is 0 Å². The summed E-state index contributed by atoms with van der Waals surface area (Å²) in [6.45, 7) is 1.81. The summed E-state index contributed by atoms with van der Waals surface area (Å²) in [4.78, 5) is 33.9. The van der Waals surface area contributed by atoms with Crippen LogP contribution < -0.4 is 20.9 Å². The van der Waals surface area contributed by atoms with E-state index in [1.165, 1.54) is 4.57 Å². The minimum Gasteiger partial charge on any atom is -0.490 e. The highest BCUT2D eigenvalue weighted by molar-refractivity contribution is 5.88. The second-order valence-corrected chi connectivity index (χ2v) is 8.50. The lowest BCUT2D eigenvalue weighted by molar-refractivity contribution is 0.0943. The molecule has 0 spiro atoms. The van der Waals surface area contributed by atoms with E-state index < -0.39 is 17.4 Å². The molecule has 172 valence electrons. The number of piperidine rings is 1. The van der Waals surface area contributed by atoms with Crippen molar-refractivity contribution in [1.29, 1.82) is 0 Å². The average Bonchev–Trinajstić information content (AvgIpc) is 3.21. The van der Waals surface area contributed by atoms with Crippen LogP contribution in [0.5, 0.6) is 5.75 Å². The Labute approximate surface area is 189 Å². The van der Waals surface area contributed by atoms with Crippen LogP contribution in [0.15, 0.2) is 52.1 Å². The van der Waals surface area contributed by atoms with E-state index in [-0.39, 0.29) is 18.7 Å². The van der Waals surface area contributed by atoms with Gasteiger partial charge in [0.1, 0.15) is 18.5 Å². The van der Waals surface area contributed by atoms with Gasteiger partial charge in [-0.15, -0.1) is 0 Å². The molecule has 9 nitrogen and oxygen atoms in total. The van der Waals surface area contributed by atoms with Crippen molar-refractivity contribution in [2.45, 2.75) is 31.9 Å². The number of rotatable bonds is 6. The van der Waals surface area contributed by atoms with E-state index in [1.54, 1.807) is 11.6 Å². The molecule has 1 aliphatic rings. The van der Waals surface area contributed by atoms with Crippen LogP contribution in [-0.2, 0) is 13.6 Å². The van der Waals surface area contributed by atoms with Gasteiger partial charge in [0.05, 0.1) is 6.54 Å². The summed E-state index contributed by atoms with van der Waals surface area (Å²) in [6.07, 6.45) is 2.33. The summed E-state index contributed by atoms with van der Waals surface area (Å²) >= 11 is 0. The van der Waals surface area contributed by atoms with Gasteiger partial charge < -0.3 is 19.3 Å². The van der Waals surface area contributed by atoms with Crippen molar-refractivity contribution in [3.05, 3.63) is 63.3 Å². The van der Waals surface area contributed by atoms with Crippen molar-refractivity contribution in [3.63, 3.8) is 0 Å². The molecule has 2 aromatic carbocycles. The monoisotopic (exact) mass is 449 g/mol. The fourth-order valence-corrected chi connectivity index (χ4v) is 4.50. The molecule has 0 amide bonds. The molecule has 2 N–H and O–H groups in total. The highest BCUT2D eigenvalue weighted by Crippen LogP contribution is 2.26. The van der Waals surface area contributed by atoms with Crippen molar-refractivity contribution >= 4 is 27.9 Å². The van der Waals surface area contributed by atoms with Gasteiger partial charge in [-0.3, -0.25) is 14.3 Å². The standard InChI is InChI=1S/C24H27N5O4/c1-27-21-20(22(31)26-24(27)32)29(23(25-21)28-12-5-2-6-13-28)14-17(30)15-33-19-11-7-9-16-8-3-4-10-18(16)19/h3-4,7-11,17,30H,2,5-6,12-15H2,1H3,(H,26,31,32)/t17-/m0/s1. The summed E-state index contributed by atoms with van der Waals surface area (Å²) in [5.41, 5.74) is -0.429. The number of hydrogen-bond acceptors (Lipinski definition) is 6. The molecule has 33 heavy (non-hydrogen) atoms. The topological polar surface area (TPSA) is 105 Å². The predicted molar refractivity (Wildman–Crippen MR) is 127 cm³/mol. The highest BCUT2D eigenvalue weighted by Gasteiger charge is 2.24. The zero-order chi connectivity index (χ0) is 22.9. The van der Waals surface area contributed by atoms with Gasteiger partial charge in [0.2, 0.25) is 5.95 Å². The molecule has 9 heteroatoms. The Bertz CT molecular complexity index is 1410. The number of aromatic nitrogens is 4. The zero-order valence-electron chi connectivity index (χ0n) is 18.5. The van der Waals surface area contributed by atoms with E-state index in [2.05, 4.69) is 14.9 Å². The summed E-state index contributed by atoms with van der Waals surface area (Å²) in [7, 11) is 1.58. The second kappa shape index (κ2) is 8.74. The Balaban J connectivity index is 1.46. The van der Waals surface area contributed by atoms with Crippen molar-refractivity contribution in [2.75, 3.05) is 24.6 Å². The number of aromatic amines is 1. The number of nitrogens with one attached hydrogen (secondary N) is 1. The molecule has 0 bridgehead atoms. The molecule has 1 fully saturated rings. The molecular formula is C24H27N5O4. The molecule has 0 unspecified atom stereocenters. The van der Waals surface area contributed by atoms with Crippen LogP contribution in [0, 0.1) is 0 Å². The molecule has 5 rings (SSSR count). The third kappa shape index (κ3) is 4.00. The van der Waals surface area contributed by atoms with E-state index >= 15 is 0 Å². The first-order valence-corrected chi connectivity index (χ1v) is 11.3. The van der Waals surface area contributed by atoms with Crippen LogP contribution >= 0.6 is 0 Å². The van der Waals surface area contributed by atoms with E-state index in [0.29, 0.717) is 17.3 Å². The summed E-state index contributed by atoms with van der Waals surface area (Å²) in [5, 5.41) is 12.9. The van der Waals surface area contributed by atoms with Gasteiger partial charge in [0.15, 0.2) is 11.2 Å². The molecule has 0 aliphatic carbocycles. The predicted octanol–water partition coefficient (Wildman–Crippen LogP) is 2.01. The Morgan fingerprint density at radius 3 is 2.67 bits per heavy atom. The highest BCUT2D eigenvalue weighted by atomic mass is 16.5. The minimum absolute atomic E-state index is 0.0524. The lowest BCUT2D eigenvalue weighted by Crippen LogP contribution is -2.34. The molecule has 0 radical (unpaired) electrons. The van der Waals surface area contributed by atoms with Crippen molar-refractivity contribution in [1.82, 2.24) is 19.1 Å². The first-order chi connectivity index (χ1) is 16.0. The molecular weight excluding hydrogens is 422 g/mol. The Hall–Kier alpha value is -3.59. The third-order valence-electron chi connectivity index (χ3n) is 6.20. The third-order valence-corrected chi connectivity index (χ3v) is 6.20. The quantitative estimate of drug-likeness (QED) is 0.467. The van der Waals surface area contributed by atoms with Gasteiger partial charge in [-0.25, -0.2) is 4.79 Å². The molecule has 4 aromatic rings. The van der Waals surface area contributed by atoms with Crippen LogP contribution in [0.4, 0.5) is 5.95 Å². The zero-order valence-corrected chi connectivity index (χ0v) is 18.5. The number of aliphatic hydroxyl groups is 1. The number of benzene rings is 2. The second-order valence-electron chi connectivity index (χ2n) is 8.50. The summed E-state index contributed by atoms with van der Waals surface area (Å²) in [5.74, 6) is 1.29. The molecule has 0 saturated carbocycles. The number of hydrogen-bond donors (Lipinski definition) is 2. The maximum Gasteiger partial charge on any atom is 0.329 e. The number of aliphatic hydroxyl groups excluding tert-OH is 1. The van der Waals surface area contributed by atoms with Gasteiger partial charge in [-0.2, -0.15) is 4.98 Å². The normalized spacial score (nSPS) is 15.3. The number of fused-ring (bicyclic) bond motifs is 2. The Morgan fingerprint density at radius 1 is 1.09 bits per heavy atom. The molecule has 1 saturated heterocycles. The van der Waals surface area contributed by atoms with Gasteiger partial charge in [-0.05, 0) is 30.7 Å². The molecule has 1 atom stereocenters. The molecule has 2 aromatic heterocycles. The fraction of sp³-hybridized carbons (Fsp3) is 0.375. The maximum absolute atomic E-state index is 12.7. The molecule has 1 aliphatic heterocycles. The van der Waals surface area contributed by atoms with Crippen LogP contribution in [0.1, 0.15) is 19.3 Å². The van der Waals surface area contributed by atoms with Crippen LogP contribution in [0.25, 0.3) is 21.9 Å². The van der Waals surface area contributed by atoms with Crippen molar-refractivity contribution in [2.24, 2.45) is 7.05 Å². The van der Waals surface area contributed by atoms with Crippen molar-refractivity contribution in [3.8, 4) is 5.75 Å². The first-order valence-electron chi connectivity index (χ1n) is 11.3. The lowest BCUT2D eigenvalue weighted by atomic mass is 10.1. The smallest absolute Gasteiger partial charge is 0.329 e. The number of nitrogens with zero attached hydrogens (tertiary/aromatic N) is 4. The number of anilines is 1. The van der Waals surface area contributed by atoms with E-state index in [9.17, 15) is 14.7 Å². The lowest BCUT2D eigenvalue weighted by Gasteiger charge is -2.28. The van der Waals surface area contributed by atoms with Crippen LogP contribution in [-0.4, -0.2) is 50.0 Å². The van der Waals surface area contributed by atoms with Crippen molar-refractivity contribution < 1.29 is 9.84 Å². The maximum atomic E-state index is 12.7.